The Morgan fingerprint density at radius 2 is 1.76 bits per heavy atom. The Labute approximate surface area is 167 Å². The Morgan fingerprint density at radius 3 is 2.32 bits per heavy atom. The van der Waals surface area contributed by atoms with Crippen LogP contribution >= 0.6 is 46.6 Å². The molecule has 0 aliphatic carbocycles. The summed E-state index contributed by atoms with van der Waals surface area (Å²) in [6.45, 7) is 8.43. The molecule has 0 saturated heterocycles. The van der Waals surface area contributed by atoms with Crippen molar-refractivity contribution in [2.75, 3.05) is 0 Å². The highest BCUT2D eigenvalue weighted by Gasteiger charge is 2.11. The van der Waals surface area contributed by atoms with Gasteiger partial charge < -0.3 is 4.90 Å². The second-order valence-corrected chi connectivity index (χ2v) is 8.17. The normalized spacial score (nSPS) is 11.7. The van der Waals surface area contributed by atoms with Gasteiger partial charge in [0.25, 0.3) is 5.95 Å². The molecule has 4 nitrogen and oxygen atoms in total. The van der Waals surface area contributed by atoms with Crippen molar-refractivity contribution in [3.05, 3.63) is 39.6 Å². The third kappa shape index (κ3) is 5.74. The van der Waals surface area contributed by atoms with E-state index in [1.165, 1.54) is 11.8 Å². The highest BCUT2D eigenvalue weighted by molar-refractivity contribution is 7.99. The van der Waals surface area contributed by atoms with Crippen LogP contribution < -0.4 is 0 Å². The summed E-state index contributed by atoms with van der Waals surface area (Å²) in [5.41, 5.74) is 0. The summed E-state index contributed by atoms with van der Waals surface area (Å²) in [5, 5.41) is 1.47. The minimum Gasteiger partial charge on any atom is -0.358 e. The number of rotatable bonds is 6. The molecular weight excluding hydrogens is 399 g/mol. The molecule has 0 saturated carbocycles. The van der Waals surface area contributed by atoms with Gasteiger partial charge in [0.05, 0.1) is 16.3 Å². The fourth-order valence-corrected chi connectivity index (χ4v) is 3.66. The smallest absolute Gasteiger partial charge is 0.252 e. The molecule has 0 amide bonds. The van der Waals surface area contributed by atoms with E-state index in [1.807, 2.05) is 6.07 Å². The number of nitrogens with zero attached hydrogens (tertiary/aromatic N) is 4. The van der Waals surface area contributed by atoms with Crippen LogP contribution in [-0.2, 0) is 0 Å². The van der Waals surface area contributed by atoms with E-state index in [4.69, 9.17) is 34.8 Å². The number of hydrogen-bond acceptors (Lipinski definition) is 4. The van der Waals surface area contributed by atoms with Crippen LogP contribution in [0.25, 0.3) is 0 Å². The van der Waals surface area contributed by atoms with Crippen LogP contribution in [-0.4, -0.2) is 33.3 Å². The molecule has 0 atom stereocenters. The highest BCUT2D eigenvalue weighted by atomic mass is 35.5. The Bertz CT molecular complexity index is 758. The lowest BCUT2D eigenvalue weighted by molar-refractivity contribution is 0.301. The average molecular weight is 418 g/mol. The van der Waals surface area contributed by atoms with Gasteiger partial charge in [0.1, 0.15) is 5.15 Å². The largest absolute Gasteiger partial charge is 0.358 e. The van der Waals surface area contributed by atoms with E-state index in [0.717, 1.165) is 4.90 Å². The standard InChI is InChI=1S/C17H19Cl3N4S/c1-10(2)24(11(3)4)9-22-17-21-8-15(16(20)23-17)25-14-6-5-12(18)7-13(14)19/h5-11H,1-4H3/b22-9+. The lowest BCUT2D eigenvalue weighted by Crippen LogP contribution is -2.35. The molecule has 8 heteroatoms. The maximum absolute atomic E-state index is 6.27. The van der Waals surface area contributed by atoms with Gasteiger partial charge in [-0.05, 0) is 45.9 Å². The molecule has 0 aliphatic rings. The molecule has 0 radical (unpaired) electrons. The molecule has 0 N–H and O–H groups in total. The van der Waals surface area contributed by atoms with Gasteiger partial charge in [-0.15, -0.1) is 0 Å². The maximum Gasteiger partial charge on any atom is 0.252 e. The van der Waals surface area contributed by atoms with E-state index in [0.29, 0.717) is 38.1 Å². The monoisotopic (exact) mass is 416 g/mol. The molecule has 134 valence electrons. The second-order valence-electron chi connectivity index (χ2n) is 5.88. The second kappa shape index (κ2) is 9.08. The van der Waals surface area contributed by atoms with E-state index in [-0.39, 0.29) is 0 Å². The van der Waals surface area contributed by atoms with Gasteiger partial charge in [-0.25, -0.2) is 9.98 Å². The van der Waals surface area contributed by atoms with Gasteiger partial charge in [0, 0.05) is 28.2 Å². The number of hydrogen-bond donors (Lipinski definition) is 0. The van der Waals surface area contributed by atoms with Gasteiger partial charge >= 0.3 is 0 Å². The molecule has 0 bridgehead atoms. The molecule has 1 aromatic heterocycles. The Kier molecular flexibility index (Phi) is 7.37. The lowest BCUT2D eigenvalue weighted by atomic mass is 10.2. The molecule has 1 aromatic carbocycles. The van der Waals surface area contributed by atoms with E-state index < -0.39 is 0 Å². The minimum absolute atomic E-state index is 0.322. The average Bonchev–Trinajstić information content (AvgIpc) is 2.51. The molecule has 25 heavy (non-hydrogen) atoms. The predicted molar refractivity (Wildman–Crippen MR) is 108 cm³/mol. The SMILES string of the molecule is CC(C)N(/C=N/c1ncc(Sc2ccc(Cl)cc2Cl)c(Cl)n1)C(C)C. The molecule has 2 rings (SSSR count). The number of aliphatic imine (C=N–C) groups is 1. The molecule has 0 fully saturated rings. The number of halogens is 3. The molecular formula is C17H19Cl3N4S. The zero-order chi connectivity index (χ0) is 18.6. The molecule has 0 unspecified atom stereocenters. The Balaban J connectivity index is 2.17. The first kappa shape index (κ1) is 20.3. The fourth-order valence-electron chi connectivity index (χ4n) is 2.13. The fraction of sp³-hybridized carbons (Fsp3) is 0.353. The van der Waals surface area contributed by atoms with Gasteiger partial charge in [-0.1, -0.05) is 46.6 Å². The first-order chi connectivity index (χ1) is 11.8. The quantitative estimate of drug-likeness (QED) is 0.311. The van der Waals surface area contributed by atoms with Crippen LogP contribution in [0.1, 0.15) is 27.7 Å². The van der Waals surface area contributed by atoms with Gasteiger partial charge in [0.2, 0.25) is 0 Å². The zero-order valence-corrected chi connectivity index (χ0v) is 17.5. The third-order valence-electron chi connectivity index (χ3n) is 3.31. The van der Waals surface area contributed by atoms with Gasteiger partial charge in [-0.2, -0.15) is 4.98 Å². The Morgan fingerprint density at radius 1 is 1.08 bits per heavy atom. The lowest BCUT2D eigenvalue weighted by Gasteiger charge is -2.27. The summed E-state index contributed by atoms with van der Waals surface area (Å²) in [4.78, 5) is 16.5. The zero-order valence-electron chi connectivity index (χ0n) is 14.4. The summed E-state index contributed by atoms with van der Waals surface area (Å²) in [6, 6.07) is 5.96. The van der Waals surface area contributed by atoms with Crippen LogP contribution in [0.5, 0.6) is 0 Å². The predicted octanol–water partition coefficient (Wildman–Crippen LogP) is 6.37. The van der Waals surface area contributed by atoms with E-state index in [9.17, 15) is 0 Å². The minimum atomic E-state index is 0.322. The van der Waals surface area contributed by atoms with Crippen molar-refractivity contribution >= 4 is 58.9 Å². The number of benzene rings is 1. The van der Waals surface area contributed by atoms with E-state index in [2.05, 4.69) is 47.6 Å². The first-order valence-electron chi connectivity index (χ1n) is 7.75. The van der Waals surface area contributed by atoms with E-state index in [1.54, 1.807) is 24.7 Å². The van der Waals surface area contributed by atoms with Gasteiger partial charge in [-0.3, -0.25) is 0 Å². The highest BCUT2D eigenvalue weighted by Crippen LogP contribution is 2.37. The summed E-state index contributed by atoms with van der Waals surface area (Å²) in [7, 11) is 0. The molecule has 1 heterocycles. The van der Waals surface area contributed by atoms with Crippen molar-refractivity contribution in [2.45, 2.75) is 49.6 Å². The first-order valence-corrected chi connectivity index (χ1v) is 9.70. The molecule has 0 spiro atoms. The van der Waals surface area contributed by atoms with E-state index >= 15 is 0 Å². The van der Waals surface area contributed by atoms with Crippen LogP contribution in [0, 0.1) is 0 Å². The summed E-state index contributed by atoms with van der Waals surface area (Å²) < 4.78 is 0. The summed E-state index contributed by atoms with van der Waals surface area (Å²) in [6.07, 6.45) is 3.40. The summed E-state index contributed by atoms with van der Waals surface area (Å²) in [5.74, 6) is 0.322. The van der Waals surface area contributed by atoms with Crippen LogP contribution in [0.2, 0.25) is 15.2 Å². The van der Waals surface area contributed by atoms with Crippen LogP contribution in [0.15, 0.2) is 39.2 Å². The van der Waals surface area contributed by atoms with Crippen molar-refractivity contribution in [2.24, 2.45) is 4.99 Å². The Hall–Kier alpha value is -1.01. The van der Waals surface area contributed by atoms with Gasteiger partial charge in [0.15, 0.2) is 0 Å². The third-order valence-corrected chi connectivity index (χ3v) is 5.47. The van der Waals surface area contributed by atoms with Crippen molar-refractivity contribution in [1.29, 1.82) is 0 Å². The maximum atomic E-state index is 6.27. The molecule has 0 aliphatic heterocycles. The van der Waals surface area contributed by atoms with Crippen molar-refractivity contribution < 1.29 is 0 Å². The van der Waals surface area contributed by atoms with Crippen LogP contribution in [0.3, 0.4) is 0 Å². The summed E-state index contributed by atoms with van der Waals surface area (Å²) >= 11 is 19.8. The van der Waals surface area contributed by atoms with Crippen molar-refractivity contribution in [1.82, 2.24) is 14.9 Å². The number of aromatic nitrogens is 2. The van der Waals surface area contributed by atoms with Crippen molar-refractivity contribution in [3.8, 4) is 0 Å². The van der Waals surface area contributed by atoms with Crippen molar-refractivity contribution in [3.63, 3.8) is 0 Å². The molecule has 2 aromatic rings. The van der Waals surface area contributed by atoms with Crippen LogP contribution in [0.4, 0.5) is 5.95 Å². The topological polar surface area (TPSA) is 41.4 Å².